The SMILES string of the molecule is CC(Nc1ncnc2c1ncn2COCC[Si](C)(C)C)c1nc2ccccc2c(=O)n1-c1cccc(O)c1. The van der Waals surface area contributed by atoms with E-state index in [4.69, 9.17) is 9.72 Å². The van der Waals surface area contributed by atoms with Crippen molar-refractivity contribution in [3.63, 3.8) is 0 Å². The van der Waals surface area contributed by atoms with Crippen molar-refractivity contribution in [2.75, 3.05) is 11.9 Å². The van der Waals surface area contributed by atoms with Gasteiger partial charge in [0.1, 0.15) is 24.6 Å². The summed E-state index contributed by atoms with van der Waals surface area (Å²) in [5, 5.41) is 14.0. The second-order valence-electron chi connectivity index (χ2n) is 10.5. The summed E-state index contributed by atoms with van der Waals surface area (Å²) in [5.74, 6) is 1.05. The molecule has 0 aliphatic carbocycles. The molecule has 0 aliphatic rings. The minimum Gasteiger partial charge on any atom is -0.508 e. The minimum atomic E-state index is -1.18. The lowest BCUT2D eigenvalue weighted by Gasteiger charge is -2.20. The van der Waals surface area contributed by atoms with Gasteiger partial charge in [-0.05, 0) is 37.2 Å². The predicted octanol–water partition coefficient (Wildman–Crippen LogP) is 4.72. The third-order valence-corrected chi connectivity index (χ3v) is 7.96. The average Bonchev–Trinajstić information content (AvgIpc) is 3.30. The van der Waals surface area contributed by atoms with Crippen molar-refractivity contribution in [2.24, 2.45) is 0 Å². The van der Waals surface area contributed by atoms with Crippen LogP contribution in [0.4, 0.5) is 5.82 Å². The van der Waals surface area contributed by atoms with Crippen LogP contribution in [0.25, 0.3) is 27.8 Å². The molecule has 3 aromatic heterocycles. The summed E-state index contributed by atoms with van der Waals surface area (Å²) >= 11 is 0. The second kappa shape index (κ2) is 10.3. The van der Waals surface area contributed by atoms with Crippen LogP contribution in [-0.4, -0.2) is 48.9 Å². The first-order valence-corrected chi connectivity index (χ1v) is 16.2. The van der Waals surface area contributed by atoms with Gasteiger partial charge in [0, 0.05) is 20.7 Å². The van der Waals surface area contributed by atoms with Gasteiger partial charge >= 0.3 is 0 Å². The molecule has 38 heavy (non-hydrogen) atoms. The Morgan fingerprint density at radius 3 is 2.68 bits per heavy atom. The number of phenolic OH excluding ortho intramolecular Hbond substituents is 1. The molecule has 10 nitrogen and oxygen atoms in total. The number of fused-ring (bicyclic) bond motifs is 2. The first-order chi connectivity index (χ1) is 18.2. The summed E-state index contributed by atoms with van der Waals surface area (Å²) in [7, 11) is -1.18. The van der Waals surface area contributed by atoms with Crippen LogP contribution in [0.15, 0.2) is 66.0 Å². The molecule has 5 rings (SSSR count). The highest BCUT2D eigenvalue weighted by Gasteiger charge is 2.20. The number of phenols is 1. The van der Waals surface area contributed by atoms with E-state index >= 15 is 0 Å². The fourth-order valence-corrected chi connectivity index (χ4v) is 4.97. The Bertz CT molecular complexity index is 1660. The monoisotopic (exact) mass is 529 g/mol. The third-order valence-electron chi connectivity index (χ3n) is 6.26. The van der Waals surface area contributed by atoms with Crippen molar-refractivity contribution in [1.29, 1.82) is 0 Å². The van der Waals surface area contributed by atoms with Crippen LogP contribution in [0.5, 0.6) is 5.75 Å². The van der Waals surface area contributed by atoms with Crippen molar-refractivity contribution in [1.82, 2.24) is 29.1 Å². The van der Waals surface area contributed by atoms with E-state index in [2.05, 4.69) is 39.9 Å². The normalized spacial score (nSPS) is 12.7. The molecule has 2 aromatic carbocycles. The standard InChI is InChI=1S/C27H31N7O3Si/c1-18(31-24-23-26(29-15-28-24)33(16-30-23)17-37-12-13-38(2,3)4)25-32-22-11-6-5-10-21(22)27(36)34(25)19-8-7-9-20(35)14-19/h5-11,14-16,18,35H,12-13,17H2,1-4H3,(H,28,29,31). The maximum atomic E-state index is 13.6. The summed E-state index contributed by atoms with van der Waals surface area (Å²) in [5.41, 5.74) is 2.13. The molecule has 0 fully saturated rings. The number of ether oxygens (including phenoxy) is 1. The van der Waals surface area contributed by atoms with Gasteiger partial charge in [-0.2, -0.15) is 0 Å². The highest BCUT2D eigenvalue weighted by molar-refractivity contribution is 6.76. The highest BCUT2D eigenvalue weighted by atomic mass is 28.3. The van der Waals surface area contributed by atoms with E-state index in [0.717, 1.165) is 6.04 Å². The van der Waals surface area contributed by atoms with Crippen molar-refractivity contribution in [3.05, 3.63) is 77.4 Å². The molecule has 196 valence electrons. The Hall–Kier alpha value is -4.09. The van der Waals surface area contributed by atoms with Crippen LogP contribution in [0.1, 0.15) is 18.8 Å². The first kappa shape index (κ1) is 25.6. The number of benzene rings is 2. The molecule has 3 heterocycles. The summed E-state index contributed by atoms with van der Waals surface area (Å²) in [4.78, 5) is 31.8. The van der Waals surface area contributed by atoms with E-state index in [0.29, 0.717) is 52.7 Å². The summed E-state index contributed by atoms with van der Waals surface area (Å²) in [6.45, 7) is 9.92. The maximum absolute atomic E-state index is 13.6. The summed E-state index contributed by atoms with van der Waals surface area (Å²) in [6.07, 6.45) is 3.18. The summed E-state index contributed by atoms with van der Waals surface area (Å²) in [6, 6.07) is 14.4. The van der Waals surface area contributed by atoms with E-state index < -0.39 is 14.1 Å². The lowest BCUT2D eigenvalue weighted by molar-refractivity contribution is 0.0895. The van der Waals surface area contributed by atoms with Crippen LogP contribution < -0.4 is 10.9 Å². The van der Waals surface area contributed by atoms with Gasteiger partial charge in [-0.15, -0.1) is 0 Å². The number of imidazole rings is 1. The van der Waals surface area contributed by atoms with Crippen molar-refractivity contribution in [2.45, 2.75) is 45.4 Å². The number of para-hydroxylation sites is 1. The molecule has 5 aromatic rings. The molecular formula is C27H31N7O3Si. The number of anilines is 1. The molecule has 0 spiro atoms. The lowest BCUT2D eigenvalue weighted by Crippen LogP contribution is -2.27. The van der Waals surface area contributed by atoms with Crippen LogP contribution in [0.2, 0.25) is 25.7 Å². The zero-order chi connectivity index (χ0) is 26.9. The van der Waals surface area contributed by atoms with Gasteiger partial charge in [-0.1, -0.05) is 37.8 Å². The number of aromatic nitrogens is 6. The number of aromatic hydroxyl groups is 1. The van der Waals surface area contributed by atoms with Gasteiger partial charge in [0.15, 0.2) is 17.0 Å². The molecule has 0 amide bonds. The molecular weight excluding hydrogens is 498 g/mol. The van der Waals surface area contributed by atoms with Crippen LogP contribution >= 0.6 is 0 Å². The lowest BCUT2D eigenvalue weighted by atomic mass is 10.2. The Kier molecular flexibility index (Phi) is 6.96. The van der Waals surface area contributed by atoms with Crippen LogP contribution in [0.3, 0.4) is 0 Å². The fourth-order valence-electron chi connectivity index (χ4n) is 4.21. The molecule has 1 unspecified atom stereocenters. The van der Waals surface area contributed by atoms with E-state index in [9.17, 15) is 9.90 Å². The van der Waals surface area contributed by atoms with Gasteiger partial charge in [0.25, 0.3) is 5.56 Å². The van der Waals surface area contributed by atoms with Gasteiger partial charge in [-0.25, -0.2) is 19.9 Å². The van der Waals surface area contributed by atoms with E-state index in [1.807, 2.05) is 29.7 Å². The molecule has 0 radical (unpaired) electrons. The van der Waals surface area contributed by atoms with Crippen molar-refractivity contribution >= 4 is 36.0 Å². The van der Waals surface area contributed by atoms with Crippen molar-refractivity contribution in [3.8, 4) is 11.4 Å². The molecule has 0 bridgehead atoms. The highest BCUT2D eigenvalue weighted by Crippen LogP contribution is 2.25. The molecule has 0 saturated heterocycles. The summed E-state index contributed by atoms with van der Waals surface area (Å²) < 4.78 is 9.26. The molecule has 0 aliphatic heterocycles. The van der Waals surface area contributed by atoms with Crippen LogP contribution in [-0.2, 0) is 11.5 Å². The minimum absolute atomic E-state index is 0.0595. The Morgan fingerprint density at radius 1 is 1.08 bits per heavy atom. The topological polar surface area (TPSA) is 120 Å². The molecule has 11 heteroatoms. The Labute approximate surface area is 221 Å². The van der Waals surface area contributed by atoms with E-state index in [-0.39, 0.29) is 11.3 Å². The van der Waals surface area contributed by atoms with E-state index in [1.54, 1.807) is 36.7 Å². The molecule has 1 atom stereocenters. The van der Waals surface area contributed by atoms with Gasteiger partial charge < -0.3 is 15.2 Å². The average molecular weight is 530 g/mol. The largest absolute Gasteiger partial charge is 0.508 e. The number of hydrogen-bond acceptors (Lipinski definition) is 8. The number of rotatable bonds is 9. The third kappa shape index (κ3) is 5.29. The quantitative estimate of drug-likeness (QED) is 0.208. The smallest absolute Gasteiger partial charge is 0.266 e. The first-order valence-electron chi connectivity index (χ1n) is 12.5. The van der Waals surface area contributed by atoms with Crippen LogP contribution in [0, 0.1) is 0 Å². The maximum Gasteiger partial charge on any atom is 0.266 e. The number of nitrogens with zero attached hydrogens (tertiary/aromatic N) is 6. The van der Waals surface area contributed by atoms with Gasteiger partial charge in [-0.3, -0.25) is 13.9 Å². The zero-order valence-electron chi connectivity index (χ0n) is 21.9. The van der Waals surface area contributed by atoms with Gasteiger partial charge in [0.05, 0.1) is 29.0 Å². The van der Waals surface area contributed by atoms with Crippen molar-refractivity contribution < 1.29 is 9.84 Å². The predicted molar refractivity (Wildman–Crippen MR) is 150 cm³/mol. The Balaban J connectivity index is 1.48. The molecule has 0 saturated carbocycles. The molecule has 2 N–H and O–H groups in total. The number of nitrogens with one attached hydrogen (secondary N) is 1. The number of hydrogen-bond donors (Lipinski definition) is 2. The fraction of sp³-hybridized carbons (Fsp3) is 0.296. The zero-order valence-corrected chi connectivity index (χ0v) is 22.9. The Morgan fingerprint density at radius 2 is 1.89 bits per heavy atom. The second-order valence-corrected chi connectivity index (χ2v) is 16.1. The van der Waals surface area contributed by atoms with E-state index in [1.165, 1.54) is 10.9 Å². The van der Waals surface area contributed by atoms with Gasteiger partial charge in [0.2, 0.25) is 0 Å².